The predicted octanol–water partition coefficient (Wildman–Crippen LogP) is 3.74. The Morgan fingerprint density at radius 2 is 2.00 bits per heavy atom. The second kappa shape index (κ2) is 6.57. The van der Waals surface area contributed by atoms with Crippen LogP contribution in [0.2, 0.25) is 5.02 Å². The molecular formula is C11H14BrCl2NO2S. The Bertz CT molecular complexity index is 520. The van der Waals surface area contributed by atoms with E-state index in [1.54, 1.807) is 26.0 Å². The summed E-state index contributed by atoms with van der Waals surface area (Å²) in [5.41, 5.74) is 0. The van der Waals surface area contributed by atoms with Gasteiger partial charge in [0.2, 0.25) is 10.0 Å². The minimum absolute atomic E-state index is 0.103. The highest BCUT2D eigenvalue weighted by Crippen LogP contribution is 2.28. The fraction of sp³-hybridized carbons (Fsp3) is 0.455. The standard InChI is InChI=1S/C11H14BrCl2NO2S/c1-8(2)15(6-5-13)18(16,17)11-4-3-9(12)7-10(11)14/h3-4,7-8H,5-6H2,1-2H3. The summed E-state index contributed by atoms with van der Waals surface area (Å²) >= 11 is 14.9. The highest BCUT2D eigenvalue weighted by molar-refractivity contribution is 9.10. The molecule has 0 spiro atoms. The summed E-state index contributed by atoms with van der Waals surface area (Å²) in [7, 11) is -3.61. The van der Waals surface area contributed by atoms with Crippen LogP contribution >= 0.6 is 39.1 Å². The number of hydrogen-bond donors (Lipinski definition) is 0. The van der Waals surface area contributed by atoms with Crippen molar-refractivity contribution >= 4 is 49.2 Å². The van der Waals surface area contributed by atoms with Gasteiger partial charge in [0.1, 0.15) is 4.90 Å². The zero-order valence-electron chi connectivity index (χ0n) is 10.0. The monoisotopic (exact) mass is 373 g/mol. The van der Waals surface area contributed by atoms with Crippen molar-refractivity contribution < 1.29 is 8.42 Å². The van der Waals surface area contributed by atoms with E-state index in [0.29, 0.717) is 0 Å². The molecule has 0 aromatic heterocycles. The lowest BCUT2D eigenvalue weighted by Gasteiger charge is -2.25. The van der Waals surface area contributed by atoms with E-state index >= 15 is 0 Å². The Morgan fingerprint density at radius 3 is 2.44 bits per heavy atom. The van der Waals surface area contributed by atoms with Crippen LogP contribution in [0.15, 0.2) is 27.6 Å². The molecular weight excluding hydrogens is 361 g/mol. The molecule has 0 bridgehead atoms. The molecule has 0 aliphatic heterocycles. The lowest BCUT2D eigenvalue weighted by molar-refractivity contribution is 0.370. The highest BCUT2D eigenvalue weighted by atomic mass is 79.9. The first kappa shape index (κ1) is 16.2. The molecule has 0 saturated carbocycles. The molecule has 0 aliphatic carbocycles. The van der Waals surface area contributed by atoms with Crippen molar-refractivity contribution in [1.29, 1.82) is 0 Å². The van der Waals surface area contributed by atoms with Gasteiger partial charge in [-0.1, -0.05) is 27.5 Å². The average Bonchev–Trinajstić information content (AvgIpc) is 2.24. The van der Waals surface area contributed by atoms with E-state index in [2.05, 4.69) is 15.9 Å². The molecule has 1 aromatic carbocycles. The summed E-state index contributed by atoms with van der Waals surface area (Å²) in [4.78, 5) is 0.103. The van der Waals surface area contributed by atoms with Gasteiger partial charge in [-0.25, -0.2) is 8.42 Å². The molecule has 0 radical (unpaired) electrons. The molecule has 1 rings (SSSR count). The van der Waals surface area contributed by atoms with Crippen LogP contribution in [0, 0.1) is 0 Å². The van der Waals surface area contributed by atoms with Gasteiger partial charge in [0, 0.05) is 22.9 Å². The Balaban J connectivity index is 3.26. The van der Waals surface area contributed by atoms with E-state index in [-0.39, 0.29) is 28.4 Å². The van der Waals surface area contributed by atoms with Gasteiger partial charge < -0.3 is 0 Å². The van der Waals surface area contributed by atoms with E-state index in [9.17, 15) is 8.42 Å². The minimum Gasteiger partial charge on any atom is -0.207 e. The fourth-order valence-electron chi connectivity index (χ4n) is 1.55. The van der Waals surface area contributed by atoms with Crippen molar-refractivity contribution in [3.8, 4) is 0 Å². The van der Waals surface area contributed by atoms with Gasteiger partial charge in [0.15, 0.2) is 0 Å². The SMILES string of the molecule is CC(C)N(CCCl)S(=O)(=O)c1ccc(Br)cc1Cl. The molecule has 0 unspecified atom stereocenters. The fourth-order valence-corrected chi connectivity index (χ4v) is 4.48. The topological polar surface area (TPSA) is 37.4 Å². The molecule has 0 saturated heterocycles. The van der Waals surface area contributed by atoms with Gasteiger partial charge >= 0.3 is 0 Å². The Labute approximate surface area is 126 Å². The van der Waals surface area contributed by atoms with Crippen molar-refractivity contribution in [1.82, 2.24) is 4.31 Å². The number of nitrogens with zero attached hydrogens (tertiary/aromatic N) is 1. The maximum atomic E-state index is 12.5. The summed E-state index contributed by atoms with van der Waals surface area (Å²) in [6, 6.07) is 4.53. The summed E-state index contributed by atoms with van der Waals surface area (Å²) < 4.78 is 27.0. The van der Waals surface area contributed by atoms with Gasteiger partial charge in [-0.2, -0.15) is 4.31 Å². The lowest BCUT2D eigenvalue weighted by atomic mass is 10.4. The van der Waals surface area contributed by atoms with Crippen LogP contribution in [-0.4, -0.2) is 31.2 Å². The highest BCUT2D eigenvalue weighted by Gasteiger charge is 2.28. The first-order chi connectivity index (χ1) is 8.30. The van der Waals surface area contributed by atoms with Gasteiger partial charge in [0.05, 0.1) is 5.02 Å². The smallest absolute Gasteiger partial charge is 0.207 e. The Hall–Kier alpha value is 0.190. The third-order valence-electron chi connectivity index (χ3n) is 2.36. The number of sulfonamides is 1. The van der Waals surface area contributed by atoms with E-state index < -0.39 is 10.0 Å². The number of halogens is 3. The number of rotatable bonds is 5. The van der Waals surface area contributed by atoms with Gasteiger partial charge in [-0.15, -0.1) is 11.6 Å². The summed E-state index contributed by atoms with van der Waals surface area (Å²) in [6.07, 6.45) is 0. The molecule has 0 aliphatic rings. The van der Waals surface area contributed by atoms with Crippen LogP contribution in [0.1, 0.15) is 13.8 Å². The maximum Gasteiger partial charge on any atom is 0.244 e. The van der Waals surface area contributed by atoms with E-state index in [0.717, 1.165) is 4.47 Å². The first-order valence-corrected chi connectivity index (χ1v) is 8.48. The second-order valence-corrected chi connectivity index (χ2v) is 7.53. The van der Waals surface area contributed by atoms with E-state index in [4.69, 9.17) is 23.2 Å². The zero-order chi connectivity index (χ0) is 13.9. The molecule has 0 fully saturated rings. The quantitative estimate of drug-likeness (QED) is 0.736. The van der Waals surface area contributed by atoms with Crippen molar-refractivity contribution in [3.63, 3.8) is 0 Å². The molecule has 102 valence electrons. The van der Waals surface area contributed by atoms with Crippen molar-refractivity contribution in [2.24, 2.45) is 0 Å². The largest absolute Gasteiger partial charge is 0.244 e. The van der Waals surface area contributed by atoms with Crippen LogP contribution < -0.4 is 0 Å². The van der Waals surface area contributed by atoms with Crippen molar-refractivity contribution in [2.75, 3.05) is 12.4 Å². The van der Waals surface area contributed by atoms with Crippen LogP contribution in [0.3, 0.4) is 0 Å². The van der Waals surface area contributed by atoms with Crippen molar-refractivity contribution in [3.05, 3.63) is 27.7 Å². The van der Waals surface area contributed by atoms with Gasteiger partial charge in [0.25, 0.3) is 0 Å². The van der Waals surface area contributed by atoms with Gasteiger partial charge in [-0.05, 0) is 32.0 Å². The first-order valence-electron chi connectivity index (χ1n) is 5.33. The molecule has 0 N–H and O–H groups in total. The van der Waals surface area contributed by atoms with Gasteiger partial charge in [-0.3, -0.25) is 0 Å². The summed E-state index contributed by atoms with van der Waals surface area (Å²) in [5.74, 6) is 0.242. The number of benzene rings is 1. The summed E-state index contributed by atoms with van der Waals surface area (Å²) in [5, 5.41) is 0.199. The number of hydrogen-bond acceptors (Lipinski definition) is 2. The van der Waals surface area contributed by atoms with E-state index in [1.807, 2.05) is 0 Å². The molecule has 18 heavy (non-hydrogen) atoms. The molecule has 7 heteroatoms. The Morgan fingerprint density at radius 1 is 1.39 bits per heavy atom. The predicted molar refractivity (Wildman–Crippen MR) is 78.9 cm³/mol. The normalized spacial score (nSPS) is 12.4. The second-order valence-electron chi connectivity index (χ2n) is 3.97. The average molecular weight is 375 g/mol. The molecule has 0 heterocycles. The van der Waals surface area contributed by atoms with E-state index in [1.165, 1.54) is 10.4 Å². The third-order valence-corrected chi connectivity index (χ3v) is 5.58. The zero-order valence-corrected chi connectivity index (χ0v) is 13.9. The molecule has 1 aromatic rings. The van der Waals surface area contributed by atoms with Crippen LogP contribution in [0.4, 0.5) is 0 Å². The van der Waals surface area contributed by atoms with Crippen LogP contribution in [0.25, 0.3) is 0 Å². The van der Waals surface area contributed by atoms with Crippen LogP contribution in [-0.2, 0) is 10.0 Å². The maximum absolute atomic E-state index is 12.5. The van der Waals surface area contributed by atoms with Crippen molar-refractivity contribution in [2.45, 2.75) is 24.8 Å². The van der Waals surface area contributed by atoms with Crippen LogP contribution in [0.5, 0.6) is 0 Å². The Kier molecular flexibility index (Phi) is 5.93. The minimum atomic E-state index is -3.61. The lowest BCUT2D eigenvalue weighted by Crippen LogP contribution is -2.38. The molecule has 3 nitrogen and oxygen atoms in total. The molecule has 0 atom stereocenters. The molecule has 0 amide bonds. The summed E-state index contributed by atoms with van der Waals surface area (Å²) in [6.45, 7) is 3.86. The number of alkyl halides is 1. The third kappa shape index (κ3) is 3.61.